The highest BCUT2D eigenvalue weighted by Crippen LogP contribution is 2.35. The third kappa shape index (κ3) is 4.45. The highest BCUT2D eigenvalue weighted by atomic mass is 16.5. The number of hydrogen-bond acceptors (Lipinski definition) is 5. The van der Waals surface area contributed by atoms with Crippen molar-refractivity contribution in [2.24, 2.45) is 0 Å². The van der Waals surface area contributed by atoms with Gasteiger partial charge in [0.15, 0.2) is 5.78 Å². The van der Waals surface area contributed by atoms with Crippen LogP contribution in [0.1, 0.15) is 44.5 Å². The van der Waals surface area contributed by atoms with Crippen molar-refractivity contribution in [3.63, 3.8) is 0 Å². The van der Waals surface area contributed by atoms with Gasteiger partial charge < -0.3 is 19.3 Å². The van der Waals surface area contributed by atoms with E-state index in [1.807, 2.05) is 27.7 Å². The molecule has 1 heterocycles. The van der Waals surface area contributed by atoms with Crippen molar-refractivity contribution in [3.8, 4) is 11.5 Å². The van der Waals surface area contributed by atoms with Crippen LogP contribution in [-0.2, 0) is 4.74 Å². The van der Waals surface area contributed by atoms with E-state index in [1.54, 1.807) is 18.2 Å². The van der Waals surface area contributed by atoms with Crippen LogP contribution in [0.2, 0.25) is 0 Å². The fraction of sp³-hybridized carbons (Fsp3) is 0.588. The average molecular weight is 308 g/mol. The summed E-state index contributed by atoms with van der Waals surface area (Å²) in [6.45, 7) is 7.94. The second kappa shape index (κ2) is 6.67. The molecule has 0 fully saturated rings. The van der Waals surface area contributed by atoms with E-state index in [0.29, 0.717) is 23.5 Å². The number of aliphatic hydroxyl groups excluding tert-OH is 1. The summed E-state index contributed by atoms with van der Waals surface area (Å²) in [5, 5.41) is 9.79. The van der Waals surface area contributed by atoms with Crippen LogP contribution >= 0.6 is 0 Å². The number of rotatable bonds is 6. The maximum Gasteiger partial charge on any atom is 0.170 e. The Morgan fingerprint density at radius 2 is 2.05 bits per heavy atom. The minimum Gasteiger partial charge on any atom is -0.491 e. The molecule has 0 aromatic heterocycles. The van der Waals surface area contributed by atoms with E-state index in [1.165, 1.54) is 0 Å². The van der Waals surface area contributed by atoms with E-state index < -0.39 is 11.7 Å². The number of hydrogen-bond donors (Lipinski definition) is 1. The van der Waals surface area contributed by atoms with Gasteiger partial charge in [-0.2, -0.15) is 0 Å². The van der Waals surface area contributed by atoms with Crippen molar-refractivity contribution in [2.45, 2.75) is 51.9 Å². The number of carbonyl (C=O) groups is 1. The molecule has 0 spiro atoms. The van der Waals surface area contributed by atoms with Gasteiger partial charge in [-0.15, -0.1) is 0 Å². The first-order chi connectivity index (χ1) is 10.3. The molecule has 0 unspecified atom stereocenters. The lowest BCUT2D eigenvalue weighted by Gasteiger charge is -2.31. The predicted molar refractivity (Wildman–Crippen MR) is 82.7 cm³/mol. The molecule has 1 N–H and O–H groups in total. The largest absolute Gasteiger partial charge is 0.491 e. The van der Waals surface area contributed by atoms with E-state index in [2.05, 4.69) is 0 Å². The number of benzene rings is 1. The fourth-order valence-electron chi connectivity index (χ4n) is 2.27. The van der Waals surface area contributed by atoms with Gasteiger partial charge in [0.2, 0.25) is 0 Å². The first-order valence-corrected chi connectivity index (χ1v) is 7.55. The van der Waals surface area contributed by atoms with Gasteiger partial charge in [-0.1, -0.05) is 0 Å². The lowest BCUT2D eigenvalue weighted by atomic mass is 9.93. The smallest absolute Gasteiger partial charge is 0.170 e. The quantitative estimate of drug-likeness (QED) is 0.875. The van der Waals surface area contributed by atoms with Crippen LogP contribution in [0.5, 0.6) is 11.5 Å². The van der Waals surface area contributed by atoms with Crippen molar-refractivity contribution in [3.05, 3.63) is 23.8 Å². The first kappa shape index (κ1) is 16.8. The lowest BCUT2D eigenvalue weighted by Crippen LogP contribution is -2.35. The van der Waals surface area contributed by atoms with Crippen molar-refractivity contribution in [1.82, 2.24) is 0 Å². The van der Waals surface area contributed by atoms with E-state index >= 15 is 0 Å². The van der Waals surface area contributed by atoms with E-state index in [4.69, 9.17) is 14.2 Å². The van der Waals surface area contributed by atoms with Crippen molar-refractivity contribution in [1.29, 1.82) is 0 Å². The molecule has 0 saturated heterocycles. The Morgan fingerprint density at radius 1 is 1.32 bits per heavy atom. The monoisotopic (exact) mass is 308 g/mol. The van der Waals surface area contributed by atoms with Crippen LogP contribution in [0.3, 0.4) is 0 Å². The zero-order valence-corrected chi connectivity index (χ0v) is 13.6. The molecule has 22 heavy (non-hydrogen) atoms. The van der Waals surface area contributed by atoms with Gasteiger partial charge in [0.1, 0.15) is 29.8 Å². The highest BCUT2D eigenvalue weighted by Gasteiger charge is 2.32. The van der Waals surface area contributed by atoms with Gasteiger partial charge in [0, 0.05) is 6.07 Å². The molecule has 122 valence electrons. The van der Waals surface area contributed by atoms with Gasteiger partial charge in [-0.3, -0.25) is 4.79 Å². The number of fused-ring (bicyclic) bond motifs is 1. The zero-order valence-electron chi connectivity index (χ0n) is 13.6. The maximum atomic E-state index is 12.1. The minimum absolute atomic E-state index is 0.0695. The molecule has 0 aliphatic carbocycles. The number of aliphatic hydroxyl groups is 1. The van der Waals surface area contributed by atoms with Crippen molar-refractivity contribution < 1.29 is 24.1 Å². The molecule has 5 heteroatoms. The van der Waals surface area contributed by atoms with E-state index in [0.717, 1.165) is 0 Å². The molecule has 0 saturated carbocycles. The van der Waals surface area contributed by atoms with Crippen LogP contribution in [0, 0.1) is 0 Å². The van der Waals surface area contributed by atoms with Crippen molar-refractivity contribution >= 4 is 5.78 Å². The third-order valence-electron chi connectivity index (χ3n) is 3.29. The van der Waals surface area contributed by atoms with Gasteiger partial charge in [0.25, 0.3) is 0 Å². The first-order valence-electron chi connectivity index (χ1n) is 7.55. The standard InChI is InChI=1S/C17H24O5/c1-11(2)20-9-12(18)10-21-13-5-6-14-15(19)8-17(3,4)22-16(14)7-13/h5-7,11-12,18H,8-10H2,1-4H3/t12-/m1/s1. The Hall–Kier alpha value is -1.59. The summed E-state index contributed by atoms with van der Waals surface area (Å²) in [4.78, 5) is 12.1. The van der Waals surface area contributed by atoms with Gasteiger partial charge >= 0.3 is 0 Å². The summed E-state index contributed by atoms with van der Waals surface area (Å²) in [7, 11) is 0. The number of ketones is 1. The molecule has 1 aromatic rings. The summed E-state index contributed by atoms with van der Waals surface area (Å²) in [5.74, 6) is 1.17. The Morgan fingerprint density at radius 3 is 2.73 bits per heavy atom. The molecule has 0 radical (unpaired) electrons. The summed E-state index contributed by atoms with van der Waals surface area (Å²) in [6, 6.07) is 5.12. The third-order valence-corrected chi connectivity index (χ3v) is 3.29. The van der Waals surface area contributed by atoms with E-state index in [-0.39, 0.29) is 25.1 Å². The Kier molecular flexibility index (Phi) is 5.08. The Bertz CT molecular complexity index is 536. The molecule has 1 aromatic carbocycles. The number of carbonyl (C=O) groups excluding carboxylic acids is 1. The van der Waals surface area contributed by atoms with Crippen LogP contribution in [0.4, 0.5) is 0 Å². The average Bonchev–Trinajstić information content (AvgIpc) is 2.41. The van der Waals surface area contributed by atoms with Gasteiger partial charge in [-0.05, 0) is 39.8 Å². The summed E-state index contributed by atoms with van der Waals surface area (Å²) in [6.07, 6.45) is -0.261. The fourth-order valence-corrected chi connectivity index (χ4v) is 2.27. The van der Waals surface area contributed by atoms with Crippen molar-refractivity contribution in [2.75, 3.05) is 13.2 Å². The second-order valence-electron chi connectivity index (χ2n) is 6.47. The van der Waals surface area contributed by atoms with E-state index in [9.17, 15) is 9.90 Å². The molecule has 0 bridgehead atoms. The van der Waals surface area contributed by atoms with Gasteiger partial charge in [0.05, 0.1) is 24.7 Å². The Balaban J connectivity index is 1.98. The predicted octanol–water partition coefficient (Wildman–Crippen LogP) is 2.60. The zero-order chi connectivity index (χ0) is 16.3. The van der Waals surface area contributed by atoms with Gasteiger partial charge in [-0.25, -0.2) is 0 Å². The molecule has 5 nitrogen and oxygen atoms in total. The lowest BCUT2D eigenvalue weighted by molar-refractivity contribution is -0.0123. The maximum absolute atomic E-state index is 12.1. The molecule has 2 rings (SSSR count). The Labute approximate surface area is 131 Å². The summed E-state index contributed by atoms with van der Waals surface area (Å²) >= 11 is 0. The minimum atomic E-state index is -0.697. The van der Waals surface area contributed by atoms with Crippen LogP contribution < -0.4 is 9.47 Å². The summed E-state index contributed by atoms with van der Waals surface area (Å²) < 4.78 is 16.7. The van der Waals surface area contributed by atoms with Crippen LogP contribution in [-0.4, -0.2) is 41.9 Å². The second-order valence-corrected chi connectivity index (χ2v) is 6.47. The summed E-state index contributed by atoms with van der Waals surface area (Å²) in [5.41, 5.74) is 0.0724. The molecule has 1 atom stereocenters. The SMILES string of the molecule is CC(C)OC[C@@H](O)COc1ccc2c(c1)OC(C)(C)CC2=O. The van der Waals surface area contributed by atoms with Crippen LogP contribution in [0.25, 0.3) is 0 Å². The van der Waals surface area contributed by atoms with Crippen LogP contribution in [0.15, 0.2) is 18.2 Å². The molecular formula is C17H24O5. The molecule has 0 amide bonds. The number of ether oxygens (including phenoxy) is 3. The normalized spacial score (nSPS) is 17.8. The molecule has 1 aliphatic heterocycles. The highest BCUT2D eigenvalue weighted by molar-refractivity contribution is 6.00. The number of Topliss-reactive ketones (excluding diaryl/α,β-unsaturated/α-hetero) is 1. The molecule has 1 aliphatic rings. The topological polar surface area (TPSA) is 65.0 Å². The molecular weight excluding hydrogens is 284 g/mol.